The van der Waals surface area contributed by atoms with Crippen molar-refractivity contribution in [3.05, 3.63) is 12.3 Å². The summed E-state index contributed by atoms with van der Waals surface area (Å²) in [6, 6.07) is 1.81. The summed E-state index contributed by atoms with van der Waals surface area (Å²) >= 11 is 0. The van der Waals surface area contributed by atoms with Crippen molar-refractivity contribution in [3.63, 3.8) is 0 Å². The summed E-state index contributed by atoms with van der Waals surface area (Å²) in [6.07, 6.45) is 5.16. The van der Waals surface area contributed by atoms with Gasteiger partial charge in [-0.25, -0.2) is 10.8 Å². The van der Waals surface area contributed by atoms with Gasteiger partial charge < -0.3 is 10.4 Å². The van der Waals surface area contributed by atoms with E-state index in [2.05, 4.69) is 20.7 Å². The smallest absolute Gasteiger partial charge is 0.239 e. The van der Waals surface area contributed by atoms with E-state index >= 15 is 0 Å². The molecule has 1 aromatic heterocycles. The Morgan fingerprint density at radius 3 is 3.00 bits per heavy atom. The molecule has 1 aliphatic carbocycles. The van der Waals surface area contributed by atoms with Crippen LogP contribution in [0.2, 0.25) is 0 Å². The first kappa shape index (κ1) is 12.1. The predicted octanol–water partition coefficient (Wildman–Crippen LogP) is 0.583. The number of hydrogen-bond acceptors (Lipinski definition) is 6. The van der Waals surface area contributed by atoms with Crippen LogP contribution in [0, 0.1) is 11.8 Å². The summed E-state index contributed by atoms with van der Waals surface area (Å²) in [6.45, 7) is 1.12. The van der Waals surface area contributed by atoms with Gasteiger partial charge in [-0.3, -0.25) is 5.43 Å². The molecule has 6 heteroatoms. The van der Waals surface area contributed by atoms with E-state index in [9.17, 15) is 5.11 Å². The van der Waals surface area contributed by atoms with Crippen LogP contribution in [0.4, 0.5) is 11.8 Å². The molecule has 0 saturated heterocycles. The Hall–Kier alpha value is -1.40. The standard InChI is InChI=1S/C11H19N5O/c12-16-11-13-5-4-10(15-11)14-6-8-2-1-3-9(8)7-17/h4-5,8-9,17H,1-3,6-7,12H2,(H2,13,14,15,16). The molecule has 0 radical (unpaired) electrons. The summed E-state index contributed by atoms with van der Waals surface area (Å²) in [5.74, 6) is 7.37. The van der Waals surface area contributed by atoms with E-state index in [1.54, 1.807) is 6.20 Å². The number of rotatable bonds is 5. The van der Waals surface area contributed by atoms with Crippen LogP contribution in [0.1, 0.15) is 19.3 Å². The molecule has 0 aromatic carbocycles. The third-order valence-corrected chi connectivity index (χ3v) is 3.38. The number of nitrogens with zero attached hydrogens (tertiary/aromatic N) is 2. The van der Waals surface area contributed by atoms with Crippen LogP contribution in [0.15, 0.2) is 12.3 Å². The minimum absolute atomic E-state index is 0.283. The zero-order valence-corrected chi connectivity index (χ0v) is 9.76. The number of hydrogen-bond donors (Lipinski definition) is 4. The fourth-order valence-electron chi connectivity index (χ4n) is 2.39. The van der Waals surface area contributed by atoms with Gasteiger partial charge in [-0.2, -0.15) is 4.98 Å². The molecule has 0 aliphatic heterocycles. The first-order valence-corrected chi connectivity index (χ1v) is 5.98. The van der Waals surface area contributed by atoms with E-state index in [0.717, 1.165) is 18.8 Å². The molecule has 17 heavy (non-hydrogen) atoms. The van der Waals surface area contributed by atoms with Gasteiger partial charge in [0.25, 0.3) is 0 Å². The number of nitrogens with one attached hydrogen (secondary N) is 2. The summed E-state index contributed by atoms with van der Waals surface area (Å²) < 4.78 is 0. The lowest BCUT2D eigenvalue weighted by Crippen LogP contribution is -2.21. The number of aliphatic hydroxyl groups is 1. The average molecular weight is 237 g/mol. The summed E-state index contributed by atoms with van der Waals surface area (Å²) in [4.78, 5) is 8.12. The maximum absolute atomic E-state index is 9.24. The summed E-state index contributed by atoms with van der Waals surface area (Å²) in [5.41, 5.74) is 2.41. The molecule has 0 spiro atoms. The minimum Gasteiger partial charge on any atom is -0.396 e. The molecule has 1 heterocycles. The maximum Gasteiger partial charge on any atom is 0.239 e. The van der Waals surface area contributed by atoms with Crippen molar-refractivity contribution in [2.24, 2.45) is 17.7 Å². The van der Waals surface area contributed by atoms with Gasteiger partial charge in [0.05, 0.1) is 0 Å². The van der Waals surface area contributed by atoms with Gasteiger partial charge in [0.15, 0.2) is 0 Å². The maximum atomic E-state index is 9.24. The minimum atomic E-state index is 0.283. The molecule has 5 N–H and O–H groups in total. The highest BCUT2D eigenvalue weighted by Gasteiger charge is 2.26. The second-order valence-electron chi connectivity index (χ2n) is 4.42. The van der Waals surface area contributed by atoms with Gasteiger partial charge in [-0.05, 0) is 30.7 Å². The third kappa shape index (κ3) is 3.04. The zero-order chi connectivity index (χ0) is 12.1. The Labute approximate surface area is 101 Å². The number of aromatic nitrogens is 2. The Morgan fingerprint density at radius 1 is 1.41 bits per heavy atom. The van der Waals surface area contributed by atoms with Crippen molar-refractivity contribution < 1.29 is 5.11 Å². The van der Waals surface area contributed by atoms with Crippen molar-refractivity contribution in [3.8, 4) is 0 Å². The van der Waals surface area contributed by atoms with Crippen LogP contribution in [0.5, 0.6) is 0 Å². The Kier molecular flexibility index (Phi) is 4.11. The van der Waals surface area contributed by atoms with E-state index < -0.39 is 0 Å². The second kappa shape index (κ2) is 5.79. The number of nitrogen functional groups attached to an aromatic ring is 1. The van der Waals surface area contributed by atoms with Crippen molar-refractivity contribution >= 4 is 11.8 Å². The Bertz CT molecular complexity index is 359. The van der Waals surface area contributed by atoms with E-state index in [4.69, 9.17) is 5.84 Å². The largest absolute Gasteiger partial charge is 0.396 e. The normalized spacial score (nSPS) is 23.6. The van der Waals surface area contributed by atoms with Gasteiger partial charge >= 0.3 is 0 Å². The average Bonchev–Trinajstić information content (AvgIpc) is 2.84. The van der Waals surface area contributed by atoms with Gasteiger partial charge in [-0.15, -0.1) is 0 Å². The highest BCUT2D eigenvalue weighted by molar-refractivity contribution is 5.38. The van der Waals surface area contributed by atoms with Crippen LogP contribution >= 0.6 is 0 Å². The summed E-state index contributed by atoms with van der Waals surface area (Å²) in [7, 11) is 0. The Balaban J connectivity index is 1.88. The van der Waals surface area contributed by atoms with Crippen LogP contribution in [-0.2, 0) is 0 Å². The van der Waals surface area contributed by atoms with E-state index in [1.165, 1.54) is 12.8 Å². The quantitative estimate of drug-likeness (QED) is 0.442. The summed E-state index contributed by atoms with van der Waals surface area (Å²) in [5, 5.41) is 12.5. The molecular formula is C11H19N5O. The molecule has 2 rings (SSSR count). The van der Waals surface area contributed by atoms with E-state index in [0.29, 0.717) is 17.8 Å². The predicted molar refractivity (Wildman–Crippen MR) is 66.2 cm³/mol. The van der Waals surface area contributed by atoms with Crippen molar-refractivity contribution in [2.45, 2.75) is 19.3 Å². The number of nitrogens with two attached hydrogens (primary N) is 1. The molecule has 1 aromatic rings. The molecule has 1 fully saturated rings. The molecule has 1 saturated carbocycles. The molecule has 94 valence electrons. The molecule has 0 amide bonds. The van der Waals surface area contributed by atoms with Crippen molar-refractivity contribution in [2.75, 3.05) is 23.9 Å². The van der Waals surface area contributed by atoms with Crippen LogP contribution in [0.3, 0.4) is 0 Å². The monoisotopic (exact) mass is 237 g/mol. The SMILES string of the molecule is NNc1nccc(NCC2CCCC2CO)n1. The fraction of sp³-hybridized carbons (Fsp3) is 0.636. The molecule has 1 aliphatic rings. The first-order valence-electron chi connectivity index (χ1n) is 5.98. The van der Waals surface area contributed by atoms with Crippen LogP contribution in [0.25, 0.3) is 0 Å². The van der Waals surface area contributed by atoms with E-state index in [-0.39, 0.29) is 6.61 Å². The number of aliphatic hydroxyl groups excluding tert-OH is 1. The van der Waals surface area contributed by atoms with Gasteiger partial charge in [-0.1, -0.05) is 6.42 Å². The lowest BCUT2D eigenvalue weighted by molar-refractivity contribution is 0.199. The molecule has 2 unspecified atom stereocenters. The number of anilines is 2. The molecular weight excluding hydrogens is 218 g/mol. The Morgan fingerprint density at radius 2 is 2.24 bits per heavy atom. The van der Waals surface area contributed by atoms with Crippen molar-refractivity contribution in [1.29, 1.82) is 0 Å². The van der Waals surface area contributed by atoms with Crippen LogP contribution in [-0.4, -0.2) is 28.2 Å². The highest BCUT2D eigenvalue weighted by Crippen LogP contribution is 2.31. The molecule has 2 atom stereocenters. The van der Waals surface area contributed by atoms with Gasteiger partial charge in [0.1, 0.15) is 5.82 Å². The highest BCUT2D eigenvalue weighted by atomic mass is 16.3. The fourth-order valence-corrected chi connectivity index (χ4v) is 2.39. The van der Waals surface area contributed by atoms with Gasteiger partial charge in [0, 0.05) is 19.3 Å². The zero-order valence-electron chi connectivity index (χ0n) is 9.76. The second-order valence-corrected chi connectivity index (χ2v) is 4.42. The van der Waals surface area contributed by atoms with Crippen molar-refractivity contribution in [1.82, 2.24) is 9.97 Å². The number of hydrazine groups is 1. The van der Waals surface area contributed by atoms with E-state index in [1.807, 2.05) is 6.07 Å². The van der Waals surface area contributed by atoms with Gasteiger partial charge in [0.2, 0.25) is 5.95 Å². The third-order valence-electron chi connectivity index (χ3n) is 3.38. The first-order chi connectivity index (χ1) is 8.33. The lowest BCUT2D eigenvalue weighted by Gasteiger charge is -2.18. The molecule has 6 nitrogen and oxygen atoms in total. The topological polar surface area (TPSA) is 96.1 Å². The lowest BCUT2D eigenvalue weighted by atomic mass is 9.97. The van der Waals surface area contributed by atoms with Crippen LogP contribution < -0.4 is 16.6 Å². The molecule has 0 bridgehead atoms.